The Kier molecular flexibility index (Phi) is 13.1. The third kappa shape index (κ3) is 7.28. The molecular formula is C16H28. The van der Waals surface area contributed by atoms with Crippen LogP contribution in [0.5, 0.6) is 0 Å². The quantitative estimate of drug-likeness (QED) is 0.560. The first-order valence-electron chi connectivity index (χ1n) is 6.36. The monoisotopic (exact) mass is 220 g/mol. The zero-order valence-corrected chi connectivity index (χ0v) is 11.7. The van der Waals surface area contributed by atoms with Crippen LogP contribution in [0.15, 0.2) is 48.6 Å². The molecule has 0 aromatic rings. The van der Waals surface area contributed by atoms with Gasteiger partial charge in [0, 0.05) is 0 Å². The van der Waals surface area contributed by atoms with E-state index in [4.69, 9.17) is 0 Å². The van der Waals surface area contributed by atoms with Crippen LogP contribution >= 0.6 is 0 Å². The van der Waals surface area contributed by atoms with Gasteiger partial charge in [-0.05, 0) is 23.5 Å². The summed E-state index contributed by atoms with van der Waals surface area (Å²) in [6.45, 7) is 18.0. The second kappa shape index (κ2) is 12.0. The predicted octanol–water partition coefficient (Wildman–Crippen LogP) is 5.69. The fraction of sp³-hybridized carbons (Fsp3) is 0.500. The standard InChI is InChI=1S/C11H14.C3H8.C2H6/c1-4-10-7-6-9(3)8-11(10)5-2;1-3-2;1-2/h4-5,7-9H,1-2,6H2,3H3;3H2,1-2H3;1-2H3. The third-order valence-corrected chi connectivity index (χ3v) is 1.95. The zero-order chi connectivity index (χ0) is 13.0. The summed E-state index contributed by atoms with van der Waals surface area (Å²) in [5, 5.41) is 0. The van der Waals surface area contributed by atoms with Gasteiger partial charge >= 0.3 is 0 Å². The maximum absolute atomic E-state index is 3.76. The van der Waals surface area contributed by atoms with Crippen LogP contribution in [-0.2, 0) is 0 Å². The van der Waals surface area contributed by atoms with Gasteiger partial charge in [-0.15, -0.1) is 0 Å². The molecule has 0 aromatic heterocycles. The molecule has 0 amide bonds. The Morgan fingerprint density at radius 3 is 2.00 bits per heavy atom. The molecule has 0 saturated heterocycles. The van der Waals surface area contributed by atoms with Crippen molar-refractivity contribution in [2.45, 2.75) is 47.5 Å². The number of hydrogen-bond acceptors (Lipinski definition) is 0. The molecular weight excluding hydrogens is 192 g/mol. The van der Waals surface area contributed by atoms with Crippen LogP contribution in [0, 0.1) is 5.92 Å². The van der Waals surface area contributed by atoms with Crippen LogP contribution in [0.1, 0.15) is 47.5 Å². The largest absolute Gasteiger partial charge is 0.0985 e. The molecule has 92 valence electrons. The molecule has 1 aliphatic rings. The van der Waals surface area contributed by atoms with E-state index < -0.39 is 0 Å². The SMILES string of the molecule is C=CC1=CCC(C)C=C1C=C.CC.CCC. The molecule has 0 fully saturated rings. The van der Waals surface area contributed by atoms with Crippen molar-refractivity contribution in [1.82, 2.24) is 0 Å². The van der Waals surface area contributed by atoms with Crippen LogP contribution in [-0.4, -0.2) is 0 Å². The second-order valence-electron chi connectivity index (χ2n) is 3.61. The van der Waals surface area contributed by atoms with Crippen molar-refractivity contribution in [3.8, 4) is 0 Å². The minimum Gasteiger partial charge on any atom is -0.0985 e. The van der Waals surface area contributed by atoms with Crippen LogP contribution in [0.3, 0.4) is 0 Å². The molecule has 0 saturated carbocycles. The van der Waals surface area contributed by atoms with Crippen molar-refractivity contribution in [1.29, 1.82) is 0 Å². The Labute approximate surface area is 102 Å². The number of allylic oxidation sites excluding steroid dienone is 6. The molecule has 0 heterocycles. The first kappa shape index (κ1) is 17.4. The Balaban J connectivity index is 0. The van der Waals surface area contributed by atoms with Gasteiger partial charge in [-0.1, -0.05) is 78.5 Å². The molecule has 0 radical (unpaired) electrons. The highest BCUT2D eigenvalue weighted by atomic mass is 14.1. The highest BCUT2D eigenvalue weighted by Gasteiger charge is 2.06. The minimum absolute atomic E-state index is 0.645. The Hall–Kier alpha value is -1.04. The lowest BCUT2D eigenvalue weighted by Gasteiger charge is -2.14. The lowest BCUT2D eigenvalue weighted by Crippen LogP contribution is -1.97. The maximum Gasteiger partial charge on any atom is -0.0218 e. The summed E-state index contributed by atoms with van der Waals surface area (Å²) in [6, 6.07) is 0. The molecule has 1 unspecified atom stereocenters. The fourth-order valence-electron chi connectivity index (χ4n) is 1.29. The highest BCUT2D eigenvalue weighted by molar-refractivity contribution is 5.47. The lowest BCUT2D eigenvalue weighted by atomic mass is 9.92. The Morgan fingerprint density at radius 2 is 1.62 bits per heavy atom. The molecule has 1 rings (SSSR count). The highest BCUT2D eigenvalue weighted by Crippen LogP contribution is 2.23. The molecule has 0 aliphatic heterocycles. The first-order chi connectivity index (χ1) is 7.69. The summed E-state index contributed by atoms with van der Waals surface area (Å²) in [5.74, 6) is 0.645. The van der Waals surface area contributed by atoms with Crippen LogP contribution in [0.25, 0.3) is 0 Å². The molecule has 0 N–H and O–H groups in total. The Morgan fingerprint density at radius 1 is 1.19 bits per heavy atom. The van der Waals surface area contributed by atoms with E-state index in [2.05, 4.69) is 46.1 Å². The molecule has 0 heteroatoms. The zero-order valence-electron chi connectivity index (χ0n) is 11.7. The fourth-order valence-corrected chi connectivity index (χ4v) is 1.29. The lowest BCUT2D eigenvalue weighted by molar-refractivity contribution is 0.728. The van der Waals surface area contributed by atoms with Gasteiger partial charge in [-0.3, -0.25) is 0 Å². The van der Waals surface area contributed by atoms with E-state index in [9.17, 15) is 0 Å². The molecule has 0 nitrogen and oxygen atoms in total. The maximum atomic E-state index is 3.76. The van der Waals surface area contributed by atoms with E-state index in [0.29, 0.717) is 5.92 Å². The van der Waals surface area contributed by atoms with E-state index in [1.807, 2.05) is 26.0 Å². The van der Waals surface area contributed by atoms with Gasteiger partial charge < -0.3 is 0 Å². The van der Waals surface area contributed by atoms with E-state index in [-0.39, 0.29) is 0 Å². The molecule has 0 spiro atoms. The van der Waals surface area contributed by atoms with E-state index in [1.54, 1.807) is 0 Å². The van der Waals surface area contributed by atoms with Gasteiger partial charge in [0.1, 0.15) is 0 Å². The minimum atomic E-state index is 0.645. The van der Waals surface area contributed by atoms with E-state index in [1.165, 1.54) is 17.6 Å². The van der Waals surface area contributed by atoms with Crippen LogP contribution in [0.2, 0.25) is 0 Å². The second-order valence-corrected chi connectivity index (χ2v) is 3.61. The third-order valence-electron chi connectivity index (χ3n) is 1.95. The van der Waals surface area contributed by atoms with Crippen LogP contribution < -0.4 is 0 Å². The molecule has 16 heavy (non-hydrogen) atoms. The van der Waals surface area contributed by atoms with E-state index >= 15 is 0 Å². The van der Waals surface area contributed by atoms with Gasteiger partial charge in [-0.2, -0.15) is 0 Å². The van der Waals surface area contributed by atoms with Crippen molar-refractivity contribution in [3.63, 3.8) is 0 Å². The summed E-state index contributed by atoms with van der Waals surface area (Å²) in [4.78, 5) is 0. The number of rotatable bonds is 2. The van der Waals surface area contributed by atoms with Crippen molar-refractivity contribution < 1.29 is 0 Å². The summed E-state index contributed by atoms with van der Waals surface area (Å²) in [7, 11) is 0. The summed E-state index contributed by atoms with van der Waals surface area (Å²) in [5.41, 5.74) is 2.44. The van der Waals surface area contributed by atoms with Gasteiger partial charge in [-0.25, -0.2) is 0 Å². The molecule has 0 aromatic carbocycles. The van der Waals surface area contributed by atoms with Crippen molar-refractivity contribution in [2.24, 2.45) is 5.92 Å². The molecule has 1 atom stereocenters. The molecule has 1 aliphatic carbocycles. The van der Waals surface area contributed by atoms with Gasteiger partial charge in [0.15, 0.2) is 0 Å². The Bertz CT molecular complexity index is 241. The topological polar surface area (TPSA) is 0 Å². The number of hydrogen-bond donors (Lipinski definition) is 0. The van der Waals surface area contributed by atoms with Gasteiger partial charge in [0.25, 0.3) is 0 Å². The normalized spacial score (nSPS) is 17.7. The summed E-state index contributed by atoms with van der Waals surface area (Å²) < 4.78 is 0. The van der Waals surface area contributed by atoms with Crippen molar-refractivity contribution >= 4 is 0 Å². The average molecular weight is 220 g/mol. The van der Waals surface area contributed by atoms with Crippen molar-refractivity contribution in [3.05, 3.63) is 48.6 Å². The van der Waals surface area contributed by atoms with Gasteiger partial charge in [0.05, 0.1) is 0 Å². The van der Waals surface area contributed by atoms with Crippen LogP contribution in [0.4, 0.5) is 0 Å². The predicted molar refractivity (Wildman–Crippen MR) is 77.7 cm³/mol. The molecule has 0 bridgehead atoms. The smallest absolute Gasteiger partial charge is 0.0218 e. The average Bonchev–Trinajstić information content (AvgIpc) is 2.32. The summed E-state index contributed by atoms with van der Waals surface area (Å²) >= 11 is 0. The first-order valence-corrected chi connectivity index (χ1v) is 6.36. The van der Waals surface area contributed by atoms with Gasteiger partial charge in [0.2, 0.25) is 0 Å². The summed E-state index contributed by atoms with van der Waals surface area (Å²) in [6.07, 6.45) is 10.6. The van der Waals surface area contributed by atoms with Crippen molar-refractivity contribution in [2.75, 3.05) is 0 Å². The van der Waals surface area contributed by atoms with E-state index in [0.717, 1.165) is 6.42 Å².